The number of ether oxygens (including phenoxy) is 1. The zero-order valence-corrected chi connectivity index (χ0v) is 21.0. The fourth-order valence-corrected chi connectivity index (χ4v) is 4.98. The van der Waals surface area contributed by atoms with Crippen LogP contribution in [0, 0.1) is 11.6 Å². The van der Waals surface area contributed by atoms with Crippen molar-refractivity contribution < 1.29 is 21.9 Å². The number of hydrogen-bond acceptors (Lipinski definition) is 9. The van der Waals surface area contributed by atoms with Gasteiger partial charge in [-0.15, -0.1) is 0 Å². The zero-order chi connectivity index (χ0) is 26.7. The summed E-state index contributed by atoms with van der Waals surface area (Å²) in [4.78, 5) is 12.8. The average Bonchev–Trinajstić information content (AvgIpc) is 3.37. The van der Waals surface area contributed by atoms with Gasteiger partial charge >= 0.3 is 0 Å². The van der Waals surface area contributed by atoms with Crippen molar-refractivity contribution in [1.82, 2.24) is 30.0 Å². The molecule has 0 bridgehead atoms. The normalized spacial score (nSPS) is 15.7. The Balaban J connectivity index is 1.38. The predicted octanol–water partition coefficient (Wildman–Crippen LogP) is 3.31. The van der Waals surface area contributed by atoms with Crippen molar-refractivity contribution in [2.75, 3.05) is 23.1 Å². The number of rotatable bonds is 8. The van der Waals surface area contributed by atoms with Gasteiger partial charge < -0.3 is 15.4 Å². The molecule has 1 fully saturated rings. The Labute approximate surface area is 217 Å². The maximum Gasteiger partial charge on any atom is 0.265 e. The van der Waals surface area contributed by atoms with Crippen LogP contribution in [0.4, 0.5) is 20.4 Å². The summed E-state index contributed by atoms with van der Waals surface area (Å²) in [6, 6.07) is 7.36. The summed E-state index contributed by atoms with van der Waals surface area (Å²) in [5.41, 5.74) is 0.320. The molecule has 1 aliphatic rings. The highest BCUT2D eigenvalue weighted by molar-refractivity contribution is 7.92. The molecule has 1 atom stereocenters. The molecular weight excluding hydrogens is 518 g/mol. The van der Waals surface area contributed by atoms with E-state index in [0.717, 1.165) is 44.3 Å². The van der Waals surface area contributed by atoms with Crippen LogP contribution in [0.2, 0.25) is 0 Å². The first-order chi connectivity index (χ1) is 18.3. The highest BCUT2D eigenvalue weighted by Gasteiger charge is 2.23. The van der Waals surface area contributed by atoms with Gasteiger partial charge in [0.05, 0.1) is 23.1 Å². The summed E-state index contributed by atoms with van der Waals surface area (Å²) < 4.78 is 63.7. The van der Waals surface area contributed by atoms with E-state index in [4.69, 9.17) is 4.74 Å². The molecule has 1 saturated heterocycles. The summed E-state index contributed by atoms with van der Waals surface area (Å²) in [5, 5.41) is 10.4. The molecule has 38 heavy (non-hydrogen) atoms. The van der Waals surface area contributed by atoms with Gasteiger partial charge in [0.1, 0.15) is 4.90 Å². The van der Waals surface area contributed by atoms with Gasteiger partial charge in [0, 0.05) is 38.2 Å². The van der Waals surface area contributed by atoms with E-state index in [1.807, 2.05) is 4.72 Å². The van der Waals surface area contributed by atoms with Crippen LogP contribution in [0.25, 0.3) is 11.3 Å². The maximum absolute atomic E-state index is 15.0. The third-order valence-corrected chi connectivity index (χ3v) is 7.14. The zero-order valence-electron chi connectivity index (χ0n) is 20.2. The molecule has 0 spiro atoms. The van der Waals surface area contributed by atoms with Gasteiger partial charge in [-0.05, 0) is 49.7 Å². The van der Waals surface area contributed by atoms with E-state index < -0.39 is 33.1 Å². The number of halogens is 2. The highest BCUT2D eigenvalue weighted by Crippen LogP contribution is 2.34. The van der Waals surface area contributed by atoms with E-state index in [1.54, 1.807) is 24.4 Å². The largest absolute Gasteiger partial charge is 0.435 e. The van der Waals surface area contributed by atoms with Gasteiger partial charge in [0.2, 0.25) is 17.6 Å². The Morgan fingerprint density at radius 1 is 1.13 bits per heavy atom. The standard InChI is InChI=1S/C24H24F2N8O3S/c1-34-14-16(13-30-34)38(35,36)33-19-6-7-20(22(26)21(19)25)37-23-17(5-3-10-28-23)18-8-11-29-24(32-18)31-15-4-2-9-27-12-15/h3,5-8,10-11,13-15,27,33H,2,4,9,12H2,1H3,(H,29,31,32)/t15-/m0/s1. The van der Waals surface area contributed by atoms with E-state index >= 15 is 0 Å². The Kier molecular flexibility index (Phi) is 7.15. The van der Waals surface area contributed by atoms with Gasteiger partial charge in [-0.1, -0.05) is 0 Å². The Morgan fingerprint density at radius 3 is 2.76 bits per heavy atom. The summed E-state index contributed by atoms with van der Waals surface area (Å²) in [5.74, 6) is -2.88. The number of benzene rings is 1. The smallest absolute Gasteiger partial charge is 0.265 e. The van der Waals surface area contributed by atoms with Crippen molar-refractivity contribution in [3.05, 3.63) is 66.8 Å². The van der Waals surface area contributed by atoms with Crippen LogP contribution < -0.4 is 20.1 Å². The van der Waals surface area contributed by atoms with E-state index in [1.165, 1.54) is 24.1 Å². The Morgan fingerprint density at radius 2 is 2.00 bits per heavy atom. The number of anilines is 2. The number of aryl methyl sites for hydroxylation is 1. The number of sulfonamides is 1. The fourth-order valence-electron chi connectivity index (χ4n) is 3.94. The Bertz CT molecular complexity index is 1560. The molecule has 3 aromatic heterocycles. The van der Waals surface area contributed by atoms with Crippen LogP contribution in [-0.4, -0.2) is 52.3 Å². The van der Waals surface area contributed by atoms with Gasteiger partial charge in [-0.2, -0.15) is 9.49 Å². The van der Waals surface area contributed by atoms with Crippen LogP contribution in [-0.2, 0) is 17.1 Å². The lowest BCUT2D eigenvalue weighted by atomic mass is 10.1. The van der Waals surface area contributed by atoms with Crippen molar-refractivity contribution in [3.63, 3.8) is 0 Å². The second-order valence-corrected chi connectivity index (χ2v) is 10.3. The molecule has 0 amide bonds. The van der Waals surface area contributed by atoms with Crippen molar-refractivity contribution >= 4 is 21.7 Å². The second-order valence-electron chi connectivity index (χ2n) is 8.61. The molecular formula is C24H24F2N8O3S. The highest BCUT2D eigenvalue weighted by atomic mass is 32.2. The second kappa shape index (κ2) is 10.7. The van der Waals surface area contributed by atoms with E-state index in [-0.39, 0.29) is 16.8 Å². The molecule has 0 aliphatic carbocycles. The molecule has 3 N–H and O–H groups in total. The summed E-state index contributed by atoms with van der Waals surface area (Å²) in [6.45, 7) is 1.78. The number of aromatic nitrogens is 5. The molecule has 14 heteroatoms. The van der Waals surface area contributed by atoms with Crippen molar-refractivity contribution in [2.24, 2.45) is 7.05 Å². The lowest BCUT2D eigenvalue weighted by Gasteiger charge is -2.23. The SMILES string of the molecule is Cn1cc(S(=O)(=O)Nc2ccc(Oc3ncccc3-c3ccnc(N[C@H]4CCCNC4)n3)c(F)c2F)cn1. The molecule has 0 saturated carbocycles. The first kappa shape index (κ1) is 25.5. The molecule has 5 rings (SSSR count). The van der Waals surface area contributed by atoms with Gasteiger partial charge in [0.25, 0.3) is 10.0 Å². The third kappa shape index (κ3) is 5.55. The van der Waals surface area contributed by atoms with Crippen LogP contribution in [0.1, 0.15) is 12.8 Å². The molecule has 4 heterocycles. The maximum atomic E-state index is 15.0. The first-order valence-corrected chi connectivity index (χ1v) is 13.2. The van der Waals surface area contributed by atoms with Crippen LogP contribution in [0.3, 0.4) is 0 Å². The molecule has 1 aromatic carbocycles. The van der Waals surface area contributed by atoms with Crippen LogP contribution in [0.15, 0.2) is 60.0 Å². The lowest BCUT2D eigenvalue weighted by Crippen LogP contribution is -2.38. The minimum absolute atomic E-state index is 0.0153. The van der Waals surface area contributed by atoms with Crippen molar-refractivity contribution in [2.45, 2.75) is 23.8 Å². The predicted molar refractivity (Wildman–Crippen MR) is 135 cm³/mol. The van der Waals surface area contributed by atoms with Crippen molar-refractivity contribution in [3.8, 4) is 22.9 Å². The molecule has 198 valence electrons. The summed E-state index contributed by atoms with van der Waals surface area (Å²) in [7, 11) is -2.65. The third-order valence-electron chi connectivity index (χ3n) is 5.82. The van der Waals surface area contributed by atoms with E-state index in [0.29, 0.717) is 17.2 Å². The first-order valence-electron chi connectivity index (χ1n) is 11.7. The number of pyridine rings is 1. The van der Waals surface area contributed by atoms with Gasteiger partial charge in [-0.25, -0.2) is 27.8 Å². The summed E-state index contributed by atoms with van der Waals surface area (Å²) in [6.07, 6.45) is 7.39. The number of nitrogens with zero attached hydrogens (tertiary/aromatic N) is 5. The molecule has 11 nitrogen and oxygen atoms in total. The minimum Gasteiger partial charge on any atom is -0.435 e. The quantitative estimate of drug-likeness (QED) is 0.306. The van der Waals surface area contributed by atoms with Gasteiger partial charge in [-0.3, -0.25) is 9.40 Å². The summed E-state index contributed by atoms with van der Waals surface area (Å²) >= 11 is 0. The molecule has 0 radical (unpaired) electrons. The number of piperidine rings is 1. The van der Waals surface area contributed by atoms with Gasteiger partial charge in [0.15, 0.2) is 11.6 Å². The fraction of sp³-hybridized carbons (Fsp3) is 0.250. The number of hydrogen-bond donors (Lipinski definition) is 3. The average molecular weight is 543 g/mol. The lowest BCUT2D eigenvalue weighted by molar-refractivity contribution is 0.407. The van der Waals surface area contributed by atoms with Crippen molar-refractivity contribution in [1.29, 1.82) is 0 Å². The number of nitrogens with one attached hydrogen (secondary N) is 3. The van der Waals surface area contributed by atoms with Crippen LogP contribution >= 0.6 is 0 Å². The molecule has 1 aliphatic heterocycles. The Hall–Kier alpha value is -4.17. The van der Waals surface area contributed by atoms with E-state index in [9.17, 15) is 17.2 Å². The molecule has 4 aromatic rings. The van der Waals surface area contributed by atoms with Crippen LogP contribution in [0.5, 0.6) is 11.6 Å². The molecule has 0 unspecified atom stereocenters. The topological polar surface area (TPSA) is 136 Å². The monoisotopic (exact) mass is 542 g/mol. The minimum atomic E-state index is -4.18. The van der Waals surface area contributed by atoms with E-state index in [2.05, 4.69) is 30.7 Å².